The number of hydrogen-bond donors (Lipinski definition) is 1. The van der Waals surface area contributed by atoms with Crippen molar-refractivity contribution < 1.29 is 0 Å². The van der Waals surface area contributed by atoms with Crippen molar-refractivity contribution in [2.75, 3.05) is 6.54 Å². The lowest BCUT2D eigenvalue weighted by Gasteiger charge is -2.15. The van der Waals surface area contributed by atoms with Crippen LogP contribution in [-0.4, -0.2) is 12.8 Å². The second-order valence-electron chi connectivity index (χ2n) is 4.32. The Bertz CT molecular complexity index is 267. The van der Waals surface area contributed by atoms with E-state index in [1.54, 1.807) is 0 Å². The molecule has 0 aromatic rings. The van der Waals surface area contributed by atoms with E-state index in [1.807, 2.05) is 6.21 Å². The maximum Gasteiger partial charge on any atom is 0.128 e. The van der Waals surface area contributed by atoms with Gasteiger partial charge in [0.1, 0.15) is 5.82 Å². The molecule has 0 aliphatic carbocycles. The van der Waals surface area contributed by atoms with Crippen LogP contribution in [0.3, 0.4) is 0 Å². The molecule has 2 aliphatic rings. The monoisotopic (exact) mass is 176 g/mol. The number of allylic oxidation sites excluding steroid dienone is 3. The molecule has 1 N–H and O–H groups in total. The van der Waals surface area contributed by atoms with Crippen LogP contribution in [0, 0.1) is 5.41 Å². The van der Waals surface area contributed by atoms with Crippen molar-refractivity contribution in [3.05, 3.63) is 23.5 Å². The highest BCUT2D eigenvalue weighted by Crippen LogP contribution is 2.24. The fourth-order valence-electron chi connectivity index (χ4n) is 1.60. The lowest BCUT2D eigenvalue weighted by molar-refractivity contribution is 0.665. The number of nitrogens with one attached hydrogen (secondary N) is 1. The van der Waals surface area contributed by atoms with Gasteiger partial charge in [0.15, 0.2) is 0 Å². The molecule has 0 bridgehead atoms. The summed E-state index contributed by atoms with van der Waals surface area (Å²) in [5.74, 6) is 1.08. The fourth-order valence-corrected chi connectivity index (χ4v) is 1.60. The van der Waals surface area contributed by atoms with Gasteiger partial charge in [0.25, 0.3) is 0 Å². The molecule has 0 amide bonds. The van der Waals surface area contributed by atoms with E-state index < -0.39 is 0 Å². The van der Waals surface area contributed by atoms with Crippen LogP contribution in [0.25, 0.3) is 0 Å². The summed E-state index contributed by atoms with van der Waals surface area (Å²) in [5.41, 5.74) is 1.45. The summed E-state index contributed by atoms with van der Waals surface area (Å²) in [6.45, 7) is 5.40. The molecule has 0 aromatic heterocycles. The Hall–Kier alpha value is -1.05. The van der Waals surface area contributed by atoms with Crippen molar-refractivity contribution in [3.63, 3.8) is 0 Å². The minimum Gasteiger partial charge on any atom is -0.370 e. The van der Waals surface area contributed by atoms with Gasteiger partial charge in [-0.1, -0.05) is 26.0 Å². The maximum atomic E-state index is 4.48. The number of aliphatic imine (C=N–C) groups is 1. The lowest BCUT2D eigenvalue weighted by atomic mass is 9.94. The quantitative estimate of drug-likeness (QED) is 0.601. The Kier molecular flexibility index (Phi) is 1.98. The Morgan fingerprint density at radius 2 is 2.31 bits per heavy atom. The average Bonchev–Trinajstić information content (AvgIpc) is 2.27. The average molecular weight is 176 g/mol. The molecule has 0 aromatic carbocycles. The first kappa shape index (κ1) is 8.54. The zero-order chi connectivity index (χ0) is 9.31. The third kappa shape index (κ3) is 1.82. The number of nitrogens with zero attached hydrogens (tertiary/aromatic N) is 1. The Labute approximate surface area is 79.4 Å². The van der Waals surface area contributed by atoms with Crippen molar-refractivity contribution in [2.24, 2.45) is 10.4 Å². The normalized spacial score (nSPS) is 25.1. The minimum absolute atomic E-state index is 0.0962. The molecule has 0 unspecified atom stereocenters. The summed E-state index contributed by atoms with van der Waals surface area (Å²) in [6, 6.07) is 0. The number of hydrogen-bond acceptors (Lipinski definition) is 2. The van der Waals surface area contributed by atoms with Crippen molar-refractivity contribution in [1.82, 2.24) is 5.32 Å². The van der Waals surface area contributed by atoms with Gasteiger partial charge in [-0.05, 0) is 18.4 Å². The first-order valence-corrected chi connectivity index (χ1v) is 4.89. The molecule has 70 valence electrons. The van der Waals surface area contributed by atoms with Crippen molar-refractivity contribution >= 4 is 6.21 Å². The fraction of sp³-hybridized carbons (Fsp3) is 0.545. The molecule has 0 saturated heterocycles. The van der Waals surface area contributed by atoms with Gasteiger partial charge in [-0.25, -0.2) is 4.99 Å². The summed E-state index contributed by atoms with van der Waals surface area (Å²) in [5, 5.41) is 3.33. The largest absolute Gasteiger partial charge is 0.370 e. The first-order chi connectivity index (χ1) is 6.17. The smallest absolute Gasteiger partial charge is 0.128 e. The molecule has 2 aliphatic heterocycles. The summed E-state index contributed by atoms with van der Waals surface area (Å²) in [7, 11) is 0. The van der Waals surface area contributed by atoms with Gasteiger partial charge in [0.2, 0.25) is 0 Å². The van der Waals surface area contributed by atoms with Gasteiger partial charge in [0.05, 0.1) is 0 Å². The lowest BCUT2D eigenvalue weighted by Crippen LogP contribution is -2.20. The molecule has 2 rings (SSSR count). The van der Waals surface area contributed by atoms with Crippen LogP contribution in [0.1, 0.15) is 26.7 Å². The number of rotatable bonds is 0. The van der Waals surface area contributed by atoms with Crippen LogP contribution in [0.2, 0.25) is 0 Å². The Morgan fingerprint density at radius 3 is 3.15 bits per heavy atom. The van der Waals surface area contributed by atoms with Crippen LogP contribution in [0.15, 0.2) is 28.5 Å². The zero-order valence-electron chi connectivity index (χ0n) is 8.30. The van der Waals surface area contributed by atoms with Gasteiger partial charge < -0.3 is 5.32 Å². The molecular weight excluding hydrogens is 160 g/mol. The van der Waals surface area contributed by atoms with Gasteiger partial charge in [-0.3, -0.25) is 0 Å². The highest BCUT2D eigenvalue weighted by atomic mass is 15.0. The van der Waals surface area contributed by atoms with E-state index in [4.69, 9.17) is 0 Å². The second-order valence-corrected chi connectivity index (χ2v) is 4.32. The first-order valence-electron chi connectivity index (χ1n) is 4.89. The van der Waals surface area contributed by atoms with Gasteiger partial charge in [-0.15, -0.1) is 0 Å². The molecule has 2 heteroatoms. The predicted octanol–water partition coefficient (Wildman–Crippen LogP) is 2.25. The van der Waals surface area contributed by atoms with Crippen LogP contribution < -0.4 is 5.32 Å². The molecule has 0 radical (unpaired) electrons. The van der Waals surface area contributed by atoms with Crippen molar-refractivity contribution in [3.8, 4) is 0 Å². The van der Waals surface area contributed by atoms with E-state index in [2.05, 4.69) is 36.3 Å². The van der Waals surface area contributed by atoms with Crippen LogP contribution in [0.5, 0.6) is 0 Å². The molecule has 0 atom stereocenters. The van der Waals surface area contributed by atoms with Crippen LogP contribution in [0.4, 0.5) is 0 Å². The summed E-state index contributed by atoms with van der Waals surface area (Å²) in [6.07, 6.45) is 8.84. The zero-order valence-corrected chi connectivity index (χ0v) is 8.30. The van der Waals surface area contributed by atoms with Gasteiger partial charge >= 0.3 is 0 Å². The Morgan fingerprint density at radius 1 is 1.46 bits per heavy atom. The highest BCUT2D eigenvalue weighted by molar-refractivity contribution is 5.70. The van der Waals surface area contributed by atoms with E-state index in [1.165, 1.54) is 12.0 Å². The van der Waals surface area contributed by atoms with Gasteiger partial charge in [0, 0.05) is 18.2 Å². The van der Waals surface area contributed by atoms with Gasteiger partial charge in [-0.2, -0.15) is 0 Å². The van der Waals surface area contributed by atoms with E-state index in [0.717, 1.165) is 18.8 Å². The van der Waals surface area contributed by atoms with Crippen molar-refractivity contribution in [1.29, 1.82) is 0 Å². The molecule has 2 heterocycles. The van der Waals surface area contributed by atoms with E-state index in [0.29, 0.717) is 0 Å². The molecular formula is C11H16N2. The summed E-state index contributed by atoms with van der Waals surface area (Å²) in [4.78, 5) is 4.48. The van der Waals surface area contributed by atoms with Crippen molar-refractivity contribution in [2.45, 2.75) is 26.7 Å². The molecule has 0 fully saturated rings. The summed E-state index contributed by atoms with van der Waals surface area (Å²) < 4.78 is 0. The minimum atomic E-state index is 0.0962. The molecule has 0 spiro atoms. The third-order valence-electron chi connectivity index (χ3n) is 2.46. The van der Waals surface area contributed by atoms with E-state index in [9.17, 15) is 0 Å². The highest BCUT2D eigenvalue weighted by Gasteiger charge is 2.16. The summed E-state index contributed by atoms with van der Waals surface area (Å²) >= 11 is 0. The molecule has 0 saturated carbocycles. The van der Waals surface area contributed by atoms with E-state index in [-0.39, 0.29) is 5.41 Å². The standard InChI is InChI=1S/C11H16N2/c1-11(2)6-5-9-4-3-7-12-10(9)13-8-11/h5-6,8,12H,3-4,7H2,1-2H3. The SMILES string of the molecule is CC1(C)C=CC2=C(N=C1)NCCC2. The molecule has 13 heavy (non-hydrogen) atoms. The second kappa shape index (κ2) is 3.02. The van der Waals surface area contributed by atoms with E-state index >= 15 is 0 Å². The Balaban J connectivity index is 2.32. The van der Waals surface area contributed by atoms with Crippen LogP contribution >= 0.6 is 0 Å². The maximum absolute atomic E-state index is 4.48. The third-order valence-corrected chi connectivity index (χ3v) is 2.46. The van der Waals surface area contributed by atoms with Crippen LogP contribution in [-0.2, 0) is 0 Å². The predicted molar refractivity (Wildman–Crippen MR) is 55.7 cm³/mol. The molecule has 2 nitrogen and oxygen atoms in total. The topological polar surface area (TPSA) is 24.4 Å².